The molecule has 0 N–H and O–H groups in total. The summed E-state index contributed by atoms with van der Waals surface area (Å²) >= 11 is 0. The SMILES string of the molecule is CCC(C)CCCC(OC1CCCCO1)OS(=O)(=O)c1ccc(C)cc1. The van der Waals surface area contributed by atoms with Gasteiger partial charge in [-0.1, -0.05) is 44.4 Å². The van der Waals surface area contributed by atoms with Crippen molar-refractivity contribution in [3.63, 3.8) is 0 Å². The summed E-state index contributed by atoms with van der Waals surface area (Å²) in [6.07, 6.45) is 5.14. The van der Waals surface area contributed by atoms with Gasteiger partial charge in [-0.05, 0) is 57.1 Å². The van der Waals surface area contributed by atoms with E-state index in [4.69, 9.17) is 13.7 Å². The van der Waals surface area contributed by atoms with Crippen molar-refractivity contribution in [3.05, 3.63) is 29.8 Å². The number of hydrogen-bond donors (Lipinski definition) is 0. The van der Waals surface area contributed by atoms with Gasteiger partial charge in [-0.15, -0.1) is 0 Å². The molecule has 0 aliphatic carbocycles. The molecule has 1 aromatic rings. The third-order valence-corrected chi connectivity index (χ3v) is 6.14. The van der Waals surface area contributed by atoms with Crippen molar-refractivity contribution < 1.29 is 22.1 Å². The van der Waals surface area contributed by atoms with Gasteiger partial charge in [-0.25, -0.2) is 4.18 Å². The van der Waals surface area contributed by atoms with Gasteiger partial charge >= 0.3 is 0 Å². The molecule has 1 aliphatic rings. The molecule has 6 heteroatoms. The van der Waals surface area contributed by atoms with E-state index in [1.54, 1.807) is 24.3 Å². The molecule has 3 atom stereocenters. The van der Waals surface area contributed by atoms with E-state index >= 15 is 0 Å². The van der Waals surface area contributed by atoms with Gasteiger partial charge in [0, 0.05) is 6.61 Å². The summed E-state index contributed by atoms with van der Waals surface area (Å²) in [5.74, 6) is 0.607. The summed E-state index contributed by atoms with van der Waals surface area (Å²) < 4.78 is 42.1. The van der Waals surface area contributed by atoms with Crippen LogP contribution < -0.4 is 0 Å². The third kappa shape index (κ3) is 6.99. The lowest BCUT2D eigenvalue weighted by Gasteiger charge is -2.27. The highest BCUT2D eigenvalue weighted by molar-refractivity contribution is 7.86. The van der Waals surface area contributed by atoms with Crippen molar-refractivity contribution in [2.24, 2.45) is 5.92 Å². The molecule has 3 unspecified atom stereocenters. The van der Waals surface area contributed by atoms with Crippen LogP contribution in [0.15, 0.2) is 29.2 Å². The van der Waals surface area contributed by atoms with Crippen LogP contribution in [0.2, 0.25) is 0 Å². The summed E-state index contributed by atoms with van der Waals surface area (Å²) in [6.45, 7) is 6.92. The van der Waals surface area contributed by atoms with Crippen LogP contribution in [0.3, 0.4) is 0 Å². The van der Waals surface area contributed by atoms with Gasteiger partial charge < -0.3 is 9.47 Å². The van der Waals surface area contributed by atoms with Gasteiger partial charge in [0.05, 0.1) is 4.90 Å². The summed E-state index contributed by atoms with van der Waals surface area (Å²) in [7, 11) is -3.86. The van der Waals surface area contributed by atoms with Crippen LogP contribution in [0.25, 0.3) is 0 Å². The van der Waals surface area contributed by atoms with Gasteiger partial charge in [0.2, 0.25) is 0 Å². The fourth-order valence-corrected chi connectivity index (χ4v) is 3.87. The van der Waals surface area contributed by atoms with Crippen LogP contribution in [0.5, 0.6) is 0 Å². The zero-order valence-corrected chi connectivity index (χ0v) is 17.0. The average molecular weight is 385 g/mol. The molecule has 0 aromatic heterocycles. The molecular weight excluding hydrogens is 352 g/mol. The molecule has 1 heterocycles. The van der Waals surface area contributed by atoms with Crippen molar-refractivity contribution in [2.75, 3.05) is 6.61 Å². The van der Waals surface area contributed by atoms with Crippen molar-refractivity contribution in [2.45, 2.75) is 83.2 Å². The number of aryl methyl sites for hydroxylation is 1. The topological polar surface area (TPSA) is 61.8 Å². The highest BCUT2D eigenvalue weighted by atomic mass is 32.2. The van der Waals surface area contributed by atoms with Crippen LogP contribution in [-0.2, 0) is 23.8 Å². The molecule has 0 radical (unpaired) electrons. The van der Waals surface area contributed by atoms with Gasteiger partial charge in [0.25, 0.3) is 10.1 Å². The monoisotopic (exact) mass is 384 g/mol. The van der Waals surface area contributed by atoms with Crippen LogP contribution >= 0.6 is 0 Å². The van der Waals surface area contributed by atoms with E-state index in [2.05, 4.69) is 13.8 Å². The molecule has 1 saturated heterocycles. The summed E-state index contributed by atoms with van der Waals surface area (Å²) in [5.41, 5.74) is 1.00. The van der Waals surface area contributed by atoms with E-state index < -0.39 is 16.4 Å². The molecule has 1 aliphatic heterocycles. The first-order valence-electron chi connectivity index (χ1n) is 9.67. The Morgan fingerprint density at radius 3 is 2.54 bits per heavy atom. The minimum Gasteiger partial charge on any atom is -0.353 e. The Bertz CT molecular complexity index is 620. The van der Waals surface area contributed by atoms with E-state index in [1.165, 1.54) is 0 Å². The standard InChI is InChI=1S/C20H32O5S/c1-4-16(2)8-7-10-20(24-19-9-5-6-15-23-19)25-26(21,22)18-13-11-17(3)12-14-18/h11-14,16,19-20H,4-10,15H2,1-3H3. The van der Waals surface area contributed by atoms with Gasteiger partial charge in [-0.2, -0.15) is 8.42 Å². The lowest BCUT2D eigenvalue weighted by atomic mass is 10.0. The second-order valence-electron chi connectivity index (χ2n) is 7.17. The average Bonchev–Trinajstić information content (AvgIpc) is 2.62. The first kappa shape index (κ1) is 21.4. The molecule has 148 valence electrons. The predicted molar refractivity (Wildman–Crippen MR) is 101 cm³/mol. The Morgan fingerprint density at radius 1 is 1.19 bits per heavy atom. The van der Waals surface area contributed by atoms with Crippen molar-refractivity contribution in [1.29, 1.82) is 0 Å². The molecule has 0 amide bonds. The quantitative estimate of drug-likeness (QED) is 0.429. The van der Waals surface area contributed by atoms with E-state index in [0.29, 0.717) is 18.9 Å². The molecule has 2 rings (SSSR count). The van der Waals surface area contributed by atoms with Crippen molar-refractivity contribution >= 4 is 10.1 Å². The maximum absolute atomic E-state index is 12.6. The lowest BCUT2D eigenvalue weighted by Crippen LogP contribution is -2.31. The molecule has 1 fully saturated rings. The maximum atomic E-state index is 12.6. The summed E-state index contributed by atoms with van der Waals surface area (Å²) in [4.78, 5) is 0.156. The predicted octanol–water partition coefficient (Wildman–Crippen LogP) is 4.79. The Hall–Kier alpha value is -0.950. The molecule has 0 saturated carbocycles. The maximum Gasteiger partial charge on any atom is 0.299 e. The second-order valence-corrected chi connectivity index (χ2v) is 8.74. The first-order chi connectivity index (χ1) is 12.4. The fourth-order valence-electron chi connectivity index (χ4n) is 2.87. The second kappa shape index (κ2) is 10.4. The van der Waals surface area contributed by atoms with E-state index in [9.17, 15) is 8.42 Å². The summed E-state index contributed by atoms with van der Waals surface area (Å²) in [6, 6.07) is 6.66. The minimum atomic E-state index is -3.86. The fraction of sp³-hybridized carbons (Fsp3) is 0.700. The van der Waals surface area contributed by atoms with Crippen molar-refractivity contribution in [1.82, 2.24) is 0 Å². The third-order valence-electron chi connectivity index (χ3n) is 4.82. The lowest BCUT2D eigenvalue weighted by molar-refractivity contribution is -0.232. The molecule has 0 bridgehead atoms. The van der Waals surface area contributed by atoms with Gasteiger partial charge in [0.1, 0.15) is 0 Å². The number of hydrogen-bond acceptors (Lipinski definition) is 5. The zero-order chi connectivity index (χ0) is 19.0. The number of ether oxygens (including phenoxy) is 2. The van der Waals surface area contributed by atoms with Gasteiger partial charge in [-0.3, -0.25) is 0 Å². The largest absolute Gasteiger partial charge is 0.353 e. The van der Waals surface area contributed by atoms with E-state index in [1.807, 2.05) is 6.92 Å². The molecule has 1 aromatic carbocycles. The molecule has 5 nitrogen and oxygen atoms in total. The smallest absolute Gasteiger partial charge is 0.299 e. The van der Waals surface area contributed by atoms with Crippen LogP contribution in [0.1, 0.15) is 64.4 Å². The Labute approximate surface area is 158 Å². The van der Waals surface area contributed by atoms with Crippen LogP contribution in [-0.4, -0.2) is 27.6 Å². The Balaban J connectivity index is 2.01. The summed E-state index contributed by atoms with van der Waals surface area (Å²) in [5, 5.41) is 0. The van der Waals surface area contributed by atoms with E-state index in [0.717, 1.165) is 44.1 Å². The Kier molecular flexibility index (Phi) is 8.54. The highest BCUT2D eigenvalue weighted by Gasteiger charge is 2.26. The first-order valence-corrected chi connectivity index (χ1v) is 11.1. The minimum absolute atomic E-state index is 0.156. The van der Waals surface area contributed by atoms with Crippen molar-refractivity contribution in [3.8, 4) is 0 Å². The highest BCUT2D eigenvalue weighted by Crippen LogP contribution is 2.23. The normalized spacial score (nSPS) is 20.7. The van der Waals surface area contributed by atoms with Crippen LogP contribution in [0, 0.1) is 12.8 Å². The van der Waals surface area contributed by atoms with Gasteiger partial charge in [0.15, 0.2) is 12.6 Å². The van der Waals surface area contributed by atoms with E-state index in [-0.39, 0.29) is 11.2 Å². The zero-order valence-electron chi connectivity index (χ0n) is 16.1. The Morgan fingerprint density at radius 2 is 1.92 bits per heavy atom. The molecular formula is C20H32O5S. The number of benzene rings is 1. The van der Waals surface area contributed by atoms with Crippen LogP contribution in [0.4, 0.5) is 0 Å². The molecule has 0 spiro atoms. The number of rotatable bonds is 10. The molecule has 26 heavy (non-hydrogen) atoms.